The van der Waals surface area contributed by atoms with E-state index in [4.69, 9.17) is 5.73 Å². The highest BCUT2D eigenvalue weighted by atomic mass is 32.2. The molecule has 0 atom stereocenters. The van der Waals surface area contributed by atoms with Gasteiger partial charge in [0.2, 0.25) is 10.0 Å². The number of nitrogens with two attached hydrogens (primary N) is 1. The summed E-state index contributed by atoms with van der Waals surface area (Å²) >= 11 is 0. The van der Waals surface area contributed by atoms with Crippen LogP contribution in [0.2, 0.25) is 0 Å². The van der Waals surface area contributed by atoms with Crippen LogP contribution >= 0.6 is 0 Å². The summed E-state index contributed by atoms with van der Waals surface area (Å²) < 4.78 is 42.2. The molecule has 0 unspecified atom stereocenters. The molecule has 2 heterocycles. The highest BCUT2D eigenvalue weighted by Gasteiger charge is 2.30. The van der Waals surface area contributed by atoms with Crippen LogP contribution in [0.4, 0.5) is 10.2 Å². The summed E-state index contributed by atoms with van der Waals surface area (Å²) in [6, 6.07) is 4.80. The lowest BCUT2D eigenvalue weighted by Gasteiger charge is -2.33. The van der Waals surface area contributed by atoms with E-state index in [1.165, 1.54) is 34.1 Å². The van der Waals surface area contributed by atoms with Gasteiger partial charge in [-0.05, 0) is 24.6 Å². The van der Waals surface area contributed by atoms with E-state index in [2.05, 4.69) is 0 Å². The number of nitrogen functional groups attached to an aromatic ring is 1. The second-order valence-electron chi connectivity index (χ2n) is 7.62. The van der Waals surface area contributed by atoms with Gasteiger partial charge in [0.05, 0.1) is 11.4 Å². The number of hydrogen-bond acceptors (Lipinski definition) is 7. The van der Waals surface area contributed by atoms with E-state index in [9.17, 15) is 27.2 Å². The van der Waals surface area contributed by atoms with Crippen molar-refractivity contribution in [1.29, 1.82) is 0 Å². The van der Waals surface area contributed by atoms with E-state index in [0.717, 1.165) is 10.6 Å². The van der Waals surface area contributed by atoms with Crippen molar-refractivity contribution in [3.63, 3.8) is 0 Å². The Morgan fingerprint density at radius 1 is 1.16 bits per heavy atom. The Balaban J connectivity index is 1.74. The Kier molecular flexibility index (Phi) is 6.96. The molecule has 2 aromatic rings. The summed E-state index contributed by atoms with van der Waals surface area (Å²) in [7, 11) is -2.56. The standard InChI is InChI=1S/C20H26FN5O5S/c1-3-7-26-18(22)17(19(28)23(2)20(26)29)16(27)13-24-8-10-25(11-9-24)32(30,31)15-6-4-5-14(21)12-15/h4-6,12H,3,7-11,13,22H2,1-2H3. The molecule has 0 bridgehead atoms. The fourth-order valence-electron chi connectivity index (χ4n) is 3.67. The Morgan fingerprint density at radius 3 is 2.41 bits per heavy atom. The van der Waals surface area contributed by atoms with Gasteiger partial charge in [-0.15, -0.1) is 0 Å². The van der Waals surface area contributed by atoms with Crippen LogP contribution in [-0.2, 0) is 23.6 Å². The van der Waals surface area contributed by atoms with Crippen molar-refractivity contribution in [2.45, 2.75) is 24.8 Å². The van der Waals surface area contributed by atoms with Gasteiger partial charge in [0.25, 0.3) is 5.56 Å². The van der Waals surface area contributed by atoms with Crippen LogP contribution in [0.15, 0.2) is 38.8 Å². The van der Waals surface area contributed by atoms with E-state index in [-0.39, 0.29) is 55.5 Å². The predicted octanol–water partition coefficient (Wildman–Crippen LogP) is -0.132. The summed E-state index contributed by atoms with van der Waals surface area (Å²) in [6.45, 7) is 2.68. The first-order chi connectivity index (χ1) is 15.1. The molecule has 1 aliphatic rings. The number of ketones is 1. The third-order valence-electron chi connectivity index (χ3n) is 5.44. The van der Waals surface area contributed by atoms with Crippen LogP contribution in [0.1, 0.15) is 23.7 Å². The van der Waals surface area contributed by atoms with Crippen molar-refractivity contribution in [2.75, 3.05) is 38.5 Å². The fourth-order valence-corrected chi connectivity index (χ4v) is 5.13. The number of benzene rings is 1. The lowest BCUT2D eigenvalue weighted by atomic mass is 10.1. The molecule has 0 spiro atoms. The SMILES string of the molecule is CCCn1c(N)c(C(=O)CN2CCN(S(=O)(=O)c3cccc(F)c3)CC2)c(=O)n(C)c1=O. The maximum atomic E-state index is 13.4. The first-order valence-electron chi connectivity index (χ1n) is 10.2. The second kappa shape index (κ2) is 9.35. The summed E-state index contributed by atoms with van der Waals surface area (Å²) in [4.78, 5) is 39.3. The molecule has 1 saturated heterocycles. The maximum Gasteiger partial charge on any atom is 0.332 e. The van der Waals surface area contributed by atoms with Gasteiger partial charge in [-0.25, -0.2) is 17.6 Å². The Hall–Kier alpha value is -2.83. The van der Waals surface area contributed by atoms with Crippen molar-refractivity contribution in [3.05, 3.63) is 56.5 Å². The topological polar surface area (TPSA) is 128 Å². The van der Waals surface area contributed by atoms with Crippen molar-refractivity contribution < 1.29 is 17.6 Å². The van der Waals surface area contributed by atoms with Gasteiger partial charge in [-0.1, -0.05) is 13.0 Å². The van der Waals surface area contributed by atoms with Crippen LogP contribution in [-0.4, -0.2) is 65.3 Å². The largest absolute Gasteiger partial charge is 0.384 e. The number of anilines is 1. The minimum Gasteiger partial charge on any atom is -0.384 e. The summed E-state index contributed by atoms with van der Waals surface area (Å²) in [5, 5.41) is 0. The first kappa shape index (κ1) is 23.8. The number of Topliss-reactive ketones (excluding diaryl/α,β-unsaturated/α-hetero) is 1. The zero-order chi connectivity index (χ0) is 23.6. The maximum absolute atomic E-state index is 13.4. The zero-order valence-corrected chi connectivity index (χ0v) is 18.8. The van der Waals surface area contributed by atoms with Crippen molar-refractivity contribution in [3.8, 4) is 0 Å². The van der Waals surface area contributed by atoms with Gasteiger partial charge in [0.1, 0.15) is 17.2 Å². The van der Waals surface area contributed by atoms with Crippen LogP contribution in [0, 0.1) is 5.82 Å². The lowest BCUT2D eigenvalue weighted by Crippen LogP contribution is -2.50. The molecular formula is C20H26FN5O5S. The normalized spacial score (nSPS) is 15.7. The molecule has 2 N–H and O–H groups in total. The van der Waals surface area contributed by atoms with E-state index in [0.29, 0.717) is 6.42 Å². The van der Waals surface area contributed by atoms with Crippen LogP contribution < -0.4 is 17.0 Å². The zero-order valence-electron chi connectivity index (χ0n) is 18.0. The number of carbonyl (C=O) groups excluding carboxylic acids is 1. The van der Waals surface area contributed by atoms with Gasteiger partial charge in [-0.3, -0.25) is 23.6 Å². The van der Waals surface area contributed by atoms with Crippen molar-refractivity contribution in [1.82, 2.24) is 18.3 Å². The van der Waals surface area contributed by atoms with E-state index in [1.807, 2.05) is 6.92 Å². The number of halogens is 1. The molecule has 0 radical (unpaired) electrons. The Bertz CT molecular complexity index is 1250. The van der Waals surface area contributed by atoms with Gasteiger partial charge in [0.15, 0.2) is 5.78 Å². The van der Waals surface area contributed by atoms with Gasteiger partial charge < -0.3 is 5.73 Å². The fraction of sp³-hybridized carbons (Fsp3) is 0.450. The summed E-state index contributed by atoms with van der Waals surface area (Å²) in [6.07, 6.45) is 0.595. The third kappa shape index (κ3) is 4.52. The molecule has 10 nitrogen and oxygen atoms in total. The minimum absolute atomic E-state index is 0.106. The smallest absolute Gasteiger partial charge is 0.332 e. The highest BCUT2D eigenvalue weighted by Crippen LogP contribution is 2.19. The molecule has 1 fully saturated rings. The van der Waals surface area contributed by atoms with Crippen LogP contribution in [0.25, 0.3) is 0 Å². The third-order valence-corrected chi connectivity index (χ3v) is 7.34. The molecule has 0 saturated carbocycles. The predicted molar refractivity (Wildman–Crippen MR) is 117 cm³/mol. The number of nitrogens with zero attached hydrogens (tertiary/aromatic N) is 4. The second-order valence-corrected chi connectivity index (χ2v) is 9.56. The monoisotopic (exact) mass is 467 g/mol. The average molecular weight is 468 g/mol. The first-order valence-corrected chi connectivity index (χ1v) is 11.6. The molecule has 1 aromatic carbocycles. The average Bonchev–Trinajstić information content (AvgIpc) is 2.76. The number of aromatic nitrogens is 2. The Labute approximate surface area is 184 Å². The van der Waals surface area contributed by atoms with E-state index < -0.39 is 32.9 Å². The number of rotatable bonds is 7. The summed E-state index contributed by atoms with van der Waals surface area (Å²) in [5.74, 6) is -1.33. The van der Waals surface area contributed by atoms with Crippen molar-refractivity contribution in [2.24, 2.45) is 7.05 Å². The van der Waals surface area contributed by atoms with Crippen molar-refractivity contribution >= 4 is 21.6 Å². The molecule has 12 heteroatoms. The van der Waals surface area contributed by atoms with Gasteiger partial charge in [0, 0.05) is 39.8 Å². The molecule has 174 valence electrons. The van der Waals surface area contributed by atoms with E-state index in [1.54, 1.807) is 4.90 Å². The number of hydrogen-bond donors (Lipinski definition) is 1. The number of carbonyl (C=O) groups is 1. The molecule has 3 rings (SSSR count). The molecule has 0 aliphatic carbocycles. The lowest BCUT2D eigenvalue weighted by molar-refractivity contribution is 0.0899. The molecule has 0 amide bonds. The van der Waals surface area contributed by atoms with Gasteiger partial charge >= 0.3 is 5.69 Å². The Morgan fingerprint density at radius 2 is 1.81 bits per heavy atom. The summed E-state index contributed by atoms with van der Waals surface area (Å²) in [5.41, 5.74) is 4.42. The van der Waals surface area contributed by atoms with Gasteiger partial charge in [-0.2, -0.15) is 4.31 Å². The quantitative estimate of drug-likeness (QED) is 0.562. The molecular weight excluding hydrogens is 441 g/mol. The number of sulfonamides is 1. The molecule has 32 heavy (non-hydrogen) atoms. The molecule has 1 aromatic heterocycles. The van der Waals surface area contributed by atoms with Crippen LogP contribution in [0.5, 0.6) is 0 Å². The van der Waals surface area contributed by atoms with E-state index >= 15 is 0 Å². The highest BCUT2D eigenvalue weighted by molar-refractivity contribution is 7.89. The minimum atomic E-state index is -3.85. The molecule has 1 aliphatic heterocycles. The van der Waals surface area contributed by atoms with Crippen LogP contribution in [0.3, 0.4) is 0 Å². The number of piperazine rings is 1.